The van der Waals surface area contributed by atoms with Crippen molar-refractivity contribution in [2.45, 2.75) is 37.6 Å². The van der Waals surface area contributed by atoms with E-state index >= 15 is 0 Å². The van der Waals surface area contributed by atoms with E-state index in [9.17, 15) is 8.42 Å². The summed E-state index contributed by atoms with van der Waals surface area (Å²) in [6.07, 6.45) is 1.62. The zero-order valence-electron chi connectivity index (χ0n) is 12.6. The number of thioether (sulfide) groups is 1. The molecule has 1 rings (SSSR count). The zero-order chi connectivity index (χ0) is 15.7. The summed E-state index contributed by atoms with van der Waals surface area (Å²) in [6.45, 7) is 4.69. The van der Waals surface area contributed by atoms with Crippen molar-refractivity contribution in [3.8, 4) is 0 Å². The molecule has 6 heteroatoms. The van der Waals surface area contributed by atoms with Gasteiger partial charge in [0.25, 0.3) is 0 Å². The third kappa shape index (κ3) is 7.68. The maximum atomic E-state index is 11.5. The van der Waals surface area contributed by atoms with Gasteiger partial charge in [0.05, 0.1) is 5.75 Å². The minimum atomic E-state index is -2.85. The number of sulfone groups is 1. The molecule has 1 aromatic rings. The standard InChI is InChI=1S/C15H24BrNO2S2/c1-3-17-13(8-7-11-21(18,19)4-2)12-20-15-10-6-5-9-14(15)16/h5-6,9-10,13,17H,3-4,7-8,11-12H2,1-2H3. The maximum Gasteiger partial charge on any atom is 0.150 e. The summed E-state index contributed by atoms with van der Waals surface area (Å²) in [5.74, 6) is 1.48. The lowest BCUT2D eigenvalue weighted by molar-refractivity contribution is 0.527. The Balaban J connectivity index is 2.45. The van der Waals surface area contributed by atoms with Crippen LogP contribution < -0.4 is 5.32 Å². The Bertz CT molecular complexity index is 520. The fraction of sp³-hybridized carbons (Fsp3) is 0.600. The molecule has 3 nitrogen and oxygen atoms in total. The van der Waals surface area contributed by atoms with E-state index < -0.39 is 9.84 Å². The lowest BCUT2D eigenvalue weighted by Gasteiger charge is -2.17. The third-order valence-corrected chi connectivity index (χ3v) is 7.20. The van der Waals surface area contributed by atoms with Crippen molar-refractivity contribution in [2.24, 2.45) is 0 Å². The Kier molecular flexibility index (Phi) is 8.94. The molecule has 1 unspecified atom stereocenters. The summed E-state index contributed by atoms with van der Waals surface area (Å²) in [6, 6.07) is 8.52. The van der Waals surface area contributed by atoms with E-state index in [2.05, 4.69) is 34.2 Å². The van der Waals surface area contributed by atoms with Gasteiger partial charge in [0.2, 0.25) is 0 Å². The molecule has 0 saturated carbocycles. The van der Waals surface area contributed by atoms with Crippen LogP contribution in [-0.4, -0.2) is 38.3 Å². The van der Waals surface area contributed by atoms with Crippen molar-refractivity contribution in [1.82, 2.24) is 5.32 Å². The summed E-state index contributed by atoms with van der Waals surface area (Å²) in [5, 5.41) is 3.45. The molecule has 0 aliphatic heterocycles. The van der Waals surface area contributed by atoms with Crippen LogP contribution in [0.3, 0.4) is 0 Å². The number of rotatable bonds is 10. The van der Waals surface area contributed by atoms with Crippen molar-refractivity contribution < 1.29 is 8.42 Å². The second-order valence-electron chi connectivity index (χ2n) is 4.87. The molecule has 0 aliphatic carbocycles. The molecular weight excluding hydrogens is 370 g/mol. The first-order chi connectivity index (χ1) is 9.98. The molecule has 120 valence electrons. The number of hydrogen-bond acceptors (Lipinski definition) is 4. The molecule has 0 aliphatic rings. The Morgan fingerprint density at radius 1 is 1.29 bits per heavy atom. The Morgan fingerprint density at radius 3 is 2.62 bits per heavy atom. The minimum Gasteiger partial charge on any atom is -0.313 e. The molecule has 0 amide bonds. The molecule has 0 spiro atoms. The number of benzene rings is 1. The summed E-state index contributed by atoms with van der Waals surface area (Å²) >= 11 is 5.35. The normalized spacial score (nSPS) is 13.3. The summed E-state index contributed by atoms with van der Waals surface area (Å²) in [7, 11) is -2.85. The van der Waals surface area contributed by atoms with Gasteiger partial charge in [0.15, 0.2) is 0 Å². The van der Waals surface area contributed by atoms with E-state index in [0.717, 1.165) is 29.6 Å². The van der Waals surface area contributed by atoms with Crippen LogP contribution in [0.15, 0.2) is 33.6 Å². The van der Waals surface area contributed by atoms with Gasteiger partial charge in [0, 0.05) is 26.9 Å². The third-order valence-electron chi connectivity index (χ3n) is 3.22. The first-order valence-electron chi connectivity index (χ1n) is 7.29. The second kappa shape index (κ2) is 9.87. The molecule has 0 bridgehead atoms. The van der Waals surface area contributed by atoms with Crippen molar-refractivity contribution in [1.29, 1.82) is 0 Å². The van der Waals surface area contributed by atoms with Gasteiger partial charge in [-0.15, -0.1) is 11.8 Å². The highest BCUT2D eigenvalue weighted by molar-refractivity contribution is 9.10. The van der Waals surface area contributed by atoms with E-state index in [4.69, 9.17) is 0 Å². The molecule has 21 heavy (non-hydrogen) atoms. The van der Waals surface area contributed by atoms with Gasteiger partial charge in [0.1, 0.15) is 9.84 Å². The molecule has 0 heterocycles. The summed E-state index contributed by atoms with van der Waals surface area (Å²) in [4.78, 5) is 1.22. The average Bonchev–Trinajstić information content (AvgIpc) is 2.46. The fourth-order valence-corrected chi connectivity index (χ4v) is 4.55. The topological polar surface area (TPSA) is 46.2 Å². The minimum absolute atomic E-state index is 0.241. The zero-order valence-corrected chi connectivity index (χ0v) is 15.9. The van der Waals surface area contributed by atoms with Crippen LogP contribution in [0.4, 0.5) is 0 Å². The first-order valence-corrected chi connectivity index (χ1v) is 10.9. The Labute approximate surface area is 141 Å². The SMILES string of the molecule is CCNC(CCCS(=O)(=O)CC)CSc1ccccc1Br. The van der Waals surface area contributed by atoms with E-state index in [1.165, 1.54) is 4.90 Å². The van der Waals surface area contributed by atoms with Crippen LogP contribution in [0.2, 0.25) is 0 Å². The highest BCUT2D eigenvalue weighted by Crippen LogP contribution is 2.27. The highest BCUT2D eigenvalue weighted by atomic mass is 79.9. The first kappa shape index (κ1) is 19.0. The summed E-state index contributed by atoms with van der Waals surface area (Å²) < 4.78 is 24.2. The molecule has 0 radical (unpaired) electrons. The quantitative estimate of drug-likeness (QED) is 0.615. The molecule has 1 atom stereocenters. The van der Waals surface area contributed by atoms with Crippen LogP contribution >= 0.6 is 27.7 Å². The highest BCUT2D eigenvalue weighted by Gasteiger charge is 2.12. The molecular formula is C15H24BrNO2S2. The largest absolute Gasteiger partial charge is 0.313 e. The summed E-state index contributed by atoms with van der Waals surface area (Å²) in [5.41, 5.74) is 0. The van der Waals surface area contributed by atoms with Crippen molar-refractivity contribution in [3.05, 3.63) is 28.7 Å². The number of hydrogen-bond donors (Lipinski definition) is 1. The van der Waals surface area contributed by atoms with Gasteiger partial charge in [-0.2, -0.15) is 0 Å². The lowest BCUT2D eigenvalue weighted by Crippen LogP contribution is -2.31. The van der Waals surface area contributed by atoms with E-state index in [1.54, 1.807) is 18.7 Å². The van der Waals surface area contributed by atoms with Crippen molar-refractivity contribution >= 4 is 37.5 Å². The Hall–Kier alpha value is -0.0400. The van der Waals surface area contributed by atoms with Crippen LogP contribution in [0.1, 0.15) is 26.7 Å². The lowest BCUT2D eigenvalue weighted by atomic mass is 10.2. The predicted molar refractivity (Wildman–Crippen MR) is 95.9 cm³/mol. The van der Waals surface area contributed by atoms with Gasteiger partial charge < -0.3 is 5.32 Å². The van der Waals surface area contributed by atoms with Gasteiger partial charge in [-0.1, -0.05) is 26.0 Å². The van der Waals surface area contributed by atoms with E-state index in [0.29, 0.717) is 11.8 Å². The molecule has 0 fully saturated rings. The van der Waals surface area contributed by atoms with Gasteiger partial charge in [-0.25, -0.2) is 8.42 Å². The van der Waals surface area contributed by atoms with Crippen LogP contribution in [0.25, 0.3) is 0 Å². The van der Waals surface area contributed by atoms with Crippen LogP contribution in [0, 0.1) is 0 Å². The number of nitrogens with one attached hydrogen (secondary N) is 1. The predicted octanol–water partition coefficient (Wildman–Crippen LogP) is 3.73. The second-order valence-corrected chi connectivity index (χ2v) is 9.26. The monoisotopic (exact) mass is 393 g/mol. The molecule has 1 N–H and O–H groups in total. The smallest absolute Gasteiger partial charge is 0.150 e. The number of halogens is 1. The van der Waals surface area contributed by atoms with Crippen LogP contribution in [0.5, 0.6) is 0 Å². The maximum absolute atomic E-state index is 11.5. The van der Waals surface area contributed by atoms with Gasteiger partial charge in [-0.3, -0.25) is 0 Å². The van der Waals surface area contributed by atoms with E-state index in [-0.39, 0.29) is 5.75 Å². The molecule has 1 aromatic carbocycles. The molecule has 0 aromatic heterocycles. The fourth-order valence-electron chi connectivity index (χ4n) is 1.98. The van der Waals surface area contributed by atoms with Crippen LogP contribution in [-0.2, 0) is 9.84 Å². The average molecular weight is 394 g/mol. The van der Waals surface area contributed by atoms with Crippen molar-refractivity contribution in [2.75, 3.05) is 23.8 Å². The van der Waals surface area contributed by atoms with E-state index in [1.807, 2.05) is 18.2 Å². The van der Waals surface area contributed by atoms with Gasteiger partial charge >= 0.3 is 0 Å². The van der Waals surface area contributed by atoms with Crippen molar-refractivity contribution in [3.63, 3.8) is 0 Å². The Morgan fingerprint density at radius 2 is 2.00 bits per heavy atom. The molecule has 0 saturated heterocycles. The van der Waals surface area contributed by atoms with Gasteiger partial charge in [-0.05, 0) is 47.4 Å².